The Balaban J connectivity index is 1.75. The van der Waals surface area contributed by atoms with Gasteiger partial charge in [-0.2, -0.15) is 0 Å². The number of hydrogen-bond acceptors (Lipinski definition) is 6. The van der Waals surface area contributed by atoms with Gasteiger partial charge >= 0.3 is 5.97 Å². The van der Waals surface area contributed by atoms with Crippen LogP contribution < -0.4 is 14.8 Å². The summed E-state index contributed by atoms with van der Waals surface area (Å²) in [6.07, 6.45) is 0.486. The molecule has 7 nitrogen and oxygen atoms in total. The second-order valence-electron chi connectivity index (χ2n) is 7.70. The fraction of sp³-hybridized carbons (Fsp3) is 0.458. The lowest BCUT2D eigenvalue weighted by atomic mass is 9.91. The molecule has 0 bridgehead atoms. The lowest BCUT2D eigenvalue weighted by molar-refractivity contribution is -0.159. The molecule has 0 saturated carbocycles. The fourth-order valence-electron chi connectivity index (χ4n) is 3.89. The van der Waals surface area contributed by atoms with Gasteiger partial charge in [0.25, 0.3) is 0 Å². The number of rotatable bonds is 11. The molecule has 1 aliphatic heterocycles. The van der Waals surface area contributed by atoms with E-state index in [1.165, 1.54) is 0 Å². The highest BCUT2D eigenvalue weighted by Crippen LogP contribution is 2.32. The number of carboxylic acids is 1. The maximum atomic E-state index is 11.8. The Morgan fingerprint density at radius 1 is 1.22 bits per heavy atom. The van der Waals surface area contributed by atoms with Crippen molar-refractivity contribution in [2.24, 2.45) is 0 Å². The third kappa shape index (κ3) is 5.72. The van der Waals surface area contributed by atoms with E-state index in [1.54, 1.807) is 18.2 Å². The Labute approximate surface area is 193 Å². The van der Waals surface area contributed by atoms with Gasteiger partial charge in [-0.3, -0.25) is 5.32 Å². The molecule has 0 aromatic heterocycles. The minimum atomic E-state index is -1.19. The van der Waals surface area contributed by atoms with Crippen LogP contribution in [-0.4, -0.2) is 41.6 Å². The minimum absolute atomic E-state index is 0.273. The number of aliphatic hydroxyl groups excluding tert-OH is 1. The normalized spacial score (nSPS) is 19.0. The number of carbonyl (C=O) groups is 1. The van der Waals surface area contributed by atoms with E-state index < -0.39 is 17.8 Å². The Morgan fingerprint density at radius 3 is 2.62 bits per heavy atom. The Hall–Kier alpha value is -2.32. The number of ether oxygens (including phenoxy) is 3. The summed E-state index contributed by atoms with van der Waals surface area (Å²) in [5.41, 5.74) is 0.994. The van der Waals surface area contributed by atoms with Gasteiger partial charge in [0.15, 0.2) is 5.60 Å². The van der Waals surface area contributed by atoms with Crippen molar-refractivity contribution in [3.05, 3.63) is 58.1 Å². The number of halogens is 1. The molecule has 0 aliphatic carbocycles. The van der Waals surface area contributed by atoms with E-state index in [0.29, 0.717) is 54.9 Å². The number of benzene rings is 2. The number of hydrogen-bond donors (Lipinski definition) is 3. The zero-order chi connectivity index (χ0) is 23.1. The van der Waals surface area contributed by atoms with Gasteiger partial charge in [-0.05, 0) is 56.5 Å². The average molecular weight is 464 g/mol. The molecule has 1 saturated heterocycles. The van der Waals surface area contributed by atoms with E-state index in [0.717, 1.165) is 17.5 Å². The van der Waals surface area contributed by atoms with Gasteiger partial charge in [0.2, 0.25) is 0 Å². The molecule has 1 fully saturated rings. The lowest BCUT2D eigenvalue weighted by Gasteiger charge is -2.24. The Bertz CT molecular complexity index is 929. The molecule has 3 rings (SSSR count). The lowest BCUT2D eigenvalue weighted by Crippen LogP contribution is -2.40. The van der Waals surface area contributed by atoms with Crippen molar-refractivity contribution in [1.82, 2.24) is 5.32 Å². The molecule has 0 amide bonds. The van der Waals surface area contributed by atoms with Crippen molar-refractivity contribution in [2.75, 3.05) is 19.8 Å². The van der Waals surface area contributed by atoms with E-state index >= 15 is 0 Å². The van der Waals surface area contributed by atoms with Gasteiger partial charge < -0.3 is 24.4 Å². The van der Waals surface area contributed by atoms with Crippen molar-refractivity contribution in [3.8, 4) is 11.5 Å². The standard InChI is InChI=1S/C24H30ClNO6/c1-3-30-18-7-8-19(20(25)13-18)22(27)26-15-17-12-16(6-9-21(17)31-4-2)14-24(23(28)29)10-5-11-32-24/h6-9,12-13,22,26-27H,3-5,10-11,14-15H2,1-2H3,(H,28,29)/t22?,24-/m1/s1. The van der Waals surface area contributed by atoms with Gasteiger partial charge in [-0.25, -0.2) is 4.79 Å². The van der Waals surface area contributed by atoms with Crippen LogP contribution in [0.5, 0.6) is 11.5 Å². The van der Waals surface area contributed by atoms with Crippen molar-refractivity contribution < 1.29 is 29.2 Å². The summed E-state index contributed by atoms with van der Waals surface area (Å²) >= 11 is 6.31. The molecule has 2 aromatic rings. The zero-order valence-corrected chi connectivity index (χ0v) is 19.2. The van der Waals surface area contributed by atoms with Crippen LogP contribution in [0.25, 0.3) is 0 Å². The first-order valence-corrected chi connectivity index (χ1v) is 11.2. The third-order valence-corrected chi connectivity index (χ3v) is 5.80. The van der Waals surface area contributed by atoms with E-state index in [-0.39, 0.29) is 6.42 Å². The van der Waals surface area contributed by atoms with Crippen LogP contribution in [0.2, 0.25) is 5.02 Å². The first-order valence-electron chi connectivity index (χ1n) is 10.8. The first-order chi connectivity index (χ1) is 15.4. The third-order valence-electron chi connectivity index (χ3n) is 5.47. The molecule has 0 spiro atoms. The maximum Gasteiger partial charge on any atom is 0.336 e. The molecule has 2 aromatic carbocycles. The van der Waals surface area contributed by atoms with Crippen LogP contribution in [0.1, 0.15) is 49.6 Å². The average Bonchev–Trinajstić information content (AvgIpc) is 3.24. The van der Waals surface area contributed by atoms with E-state index in [9.17, 15) is 15.0 Å². The topological polar surface area (TPSA) is 97.3 Å². The number of aliphatic carboxylic acids is 1. The fourth-order valence-corrected chi connectivity index (χ4v) is 4.16. The van der Waals surface area contributed by atoms with Gasteiger partial charge in [-0.1, -0.05) is 23.7 Å². The molecule has 32 heavy (non-hydrogen) atoms. The molecule has 1 aliphatic rings. The highest BCUT2D eigenvalue weighted by atomic mass is 35.5. The Kier molecular flexibility index (Phi) is 8.37. The van der Waals surface area contributed by atoms with Gasteiger partial charge in [0.1, 0.15) is 17.7 Å². The van der Waals surface area contributed by atoms with Crippen molar-refractivity contribution in [1.29, 1.82) is 0 Å². The summed E-state index contributed by atoms with van der Waals surface area (Å²) in [4.78, 5) is 11.8. The van der Waals surface area contributed by atoms with Crippen LogP contribution in [0.3, 0.4) is 0 Å². The van der Waals surface area contributed by atoms with Gasteiger partial charge in [-0.15, -0.1) is 0 Å². The van der Waals surface area contributed by atoms with E-state index in [1.807, 2.05) is 32.0 Å². The summed E-state index contributed by atoms with van der Waals surface area (Å²) in [5, 5.41) is 23.8. The summed E-state index contributed by atoms with van der Waals surface area (Å²) in [6, 6.07) is 10.7. The number of nitrogens with one attached hydrogen (secondary N) is 1. The molecule has 2 atom stereocenters. The van der Waals surface area contributed by atoms with Crippen molar-refractivity contribution in [3.63, 3.8) is 0 Å². The molecule has 8 heteroatoms. The van der Waals surface area contributed by atoms with Crippen LogP contribution >= 0.6 is 11.6 Å². The van der Waals surface area contributed by atoms with Crippen molar-refractivity contribution in [2.45, 2.75) is 51.5 Å². The van der Waals surface area contributed by atoms with Crippen LogP contribution in [0.15, 0.2) is 36.4 Å². The molecule has 174 valence electrons. The smallest absolute Gasteiger partial charge is 0.336 e. The monoisotopic (exact) mass is 463 g/mol. The second kappa shape index (κ2) is 11.0. The first kappa shape index (κ1) is 24.3. The Morgan fingerprint density at radius 2 is 2.00 bits per heavy atom. The molecule has 1 heterocycles. The van der Waals surface area contributed by atoms with Gasteiger partial charge in [0, 0.05) is 30.7 Å². The number of aliphatic hydroxyl groups is 1. The molecular formula is C24H30ClNO6. The molecule has 0 radical (unpaired) electrons. The van der Waals surface area contributed by atoms with Gasteiger partial charge in [0.05, 0.1) is 18.2 Å². The highest BCUT2D eigenvalue weighted by molar-refractivity contribution is 6.31. The van der Waals surface area contributed by atoms with Crippen LogP contribution in [-0.2, 0) is 22.5 Å². The van der Waals surface area contributed by atoms with Crippen LogP contribution in [0.4, 0.5) is 0 Å². The molecule has 1 unspecified atom stereocenters. The predicted molar refractivity (Wildman–Crippen MR) is 121 cm³/mol. The van der Waals surface area contributed by atoms with Crippen LogP contribution in [0, 0.1) is 0 Å². The minimum Gasteiger partial charge on any atom is -0.494 e. The summed E-state index contributed by atoms with van der Waals surface area (Å²) in [5.74, 6) is 0.371. The SMILES string of the molecule is CCOc1ccc(C(O)NCc2cc(C[C@@]3(C(=O)O)CCCO3)ccc2OCC)c(Cl)c1. The predicted octanol–water partition coefficient (Wildman–Crippen LogP) is 4.09. The van der Waals surface area contributed by atoms with E-state index in [4.69, 9.17) is 25.8 Å². The quantitative estimate of drug-likeness (QED) is 0.432. The van der Waals surface area contributed by atoms with E-state index in [2.05, 4.69) is 5.32 Å². The van der Waals surface area contributed by atoms with Crippen molar-refractivity contribution >= 4 is 17.6 Å². The number of carboxylic acid groups (broad SMARTS) is 1. The highest BCUT2D eigenvalue weighted by Gasteiger charge is 2.43. The maximum absolute atomic E-state index is 11.8. The summed E-state index contributed by atoms with van der Waals surface area (Å²) in [6.45, 7) is 5.55. The zero-order valence-electron chi connectivity index (χ0n) is 18.4. The molecule has 3 N–H and O–H groups in total. The molecular weight excluding hydrogens is 434 g/mol. The summed E-state index contributed by atoms with van der Waals surface area (Å²) in [7, 11) is 0. The summed E-state index contributed by atoms with van der Waals surface area (Å²) < 4.78 is 16.8. The largest absolute Gasteiger partial charge is 0.494 e. The second-order valence-corrected chi connectivity index (χ2v) is 8.11.